The third-order valence-electron chi connectivity index (χ3n) is 5.45. The number of aryl methyl sites for hydroxylation is 4. The number of para-hydroxylation sites is 1. The van der Waals surface area contributed by atoms with Crippen molar-refractivity contribution in [3.05, 3.63) is 70.4 Å². The largest absolute Gasteiger partial charge is 0.329 e. The summed E-state index contributed by atoms with van der Waals surface area (Å²) in [6.07, 6.45) is 0. The Morgan fingerprint density at radius 3 is 2.18 bits per heavy atom. The van der Waals surface area contributed by atoms with Crippen molar-refractivity contribution in [2.45, 2.75) is 53.9 Å². The average molecular weight is 448 g/mol. The summed E-state index contributed by atoms with van der Waals surface area (Å²) in [6, 6.07) is 13.3. The Hall–Kier alpha value is -3.61. The normalized spacial score (nSPS) is 11.2. The van der Waals surface area contributed by atoms with E-state index in [2.05, 4.69) is 42.8 Å². The molecule has 0 radical (unpaired) electrons. The first kappa shape index (κ1) is 24.0. The molecule has 0 unspecified atom stereocenters. The molecule has 0 aliphatic heterocycles. The van der Waals surface area contributed by atoms with Crippen LogP contribution < -0.4 is 16.0 Å². The molecule has 0 fully saturated rings. The van der Waals surface area contributed by atoms with Crippen LogP contribution in [0, 0.1) is 27.7 Å². The fourth-order valence-electron chi connectivity index (χ4n) is 3.58. The second kappa shape index (κ2) is 9.48. The molecule has 0 spiro atoms. The number of carbonyl (C=O) groups is 2. The molecule has 0 saturated carbocycles. The van der Waals surface area contributed by atoms with Crippen molar-refractivity contribution in [3.8, 4) is 5.69 Å². The molecule has 174 valence electrons. The van der Waals surface area contributed by atoms with Gasteiger partial charge in [0, 0.05) is 17.2 Å². The minimum Gasteiger partial charge on any atom is -0.329 e. The van der Waals surface area contributed by atoms with Gasteiger partial charge in [-0.25, -0.2) is 9.48 Å². The third kappa shape index (κ3) is 5.80. The number of nitrogens with zero attached hydrogens (tertiary/aromatic N) is 2. The summed E-state index contributed by atoms with van der Waals surface area (Å²) in [5.74, 6) is 0.229. The lowest BCUT2D eigenvalue weighted by Crippen LogP contribution is -2.36. The summed E-state index contributed by atoms with van der Waals surface area (Å²) in [5.41, 5.74) is 6.45. The number of aromatic nitrogens is 2. The van der Waals surface area contributed by atoms with Crippen molar-refractivity contribution in [1.29, 1.82) is 0 Å². The molecule has 0 saturated heterocycles. The molecule has 3 rings (SSSR count). The first-order valence-electron chi connectivity index (χ1n) is 11.0. The van der Waals surface area contributed by atoms with E-state index in [0.29, 0.717) is 5.82 Å². The monoisotopic (exact) mass is 447 g/mol. The van der Waals surface area contributed by atoms with Crippen molar-refractivity contribution < 1.29 is 9.59 Å². The van der Waals surface area contributed by atoms with Gasteiger partial charge in [-0.2, -0.15) is 5.10 Å². The number of anilines is 2. The second-order valence-electron chi connectivity index (χ2n) is 9.49. The van der Waals surface area contributed by atoms with Gasteiger partial charge in [0.15, 0.2) is 0 Å². The van der Waals surface area contributed by atoms with Crippen LogP contribution in [0.4, 0.5) is 16.3 Å². The van der Waals surface area contributed by atoms with E-state index in [9.17, 15) is 9.59 Å². The van der Waals surface area contributed by atoms with Gasteiger partial charge in [-0.3, -0.25) is 4.79 Å². The Bertz CT molecular complexity index is 1170. The number of urea groups is 1. The molecule has 0 bridgehead atoms. The topological polar surface area (TPSA) is 88.1 Å². The van der Waals surface area contributed by atoms with Crippen LogP contribution in [0.2, 0.25) is 0 Å². The summed E-state index contributed by atoms with van der Waals surface area (Å²) >= 11 is 0. The van der Waals surface area contributed by atoms with Gasteiger partial charge in [0.05, 0.1) is 17.9 Å². The zero-order valence-corrected chi connectivity index (χ0v) is 20.5. The standard InChI is InChI=1S/C26H33N5O2/c1-16-11-12-20(19(4)13-16)31-22(14-21(30-31)26(5,6)7)28-23(32)15-27-25(33)29-24-17(2)9-8-10-18(24)3/h8-14H,15H2,1-7H3,(H,28,32)(H2,27,29,33). The van der Waals surface area contributed by atoms with Crippen molar-refractivity contribution in [3.63, 3.8) is 0 Å². The van der Waals surface area contributed by atoms with Gasteiger partial charge >= 0.3 is 6.03 Å². The molecule has 0 aliphatic carbocycles. The Morgan fingerprint density at radius 1 is 0.909 bits per heavy atom. The highest BCUT2D eigenvalue weighted by Gasteiger charge is 2.22. The third-order valence-corrected chi connectivity index (χ3v) is 5.45. The Kier molecular flexibility index (Phi) is 6.91. The van der Waals surface area contributed by atoms with Gasteiger partial charge in [-0.05, 0) is 50.5 Å². The quantitative estimate of drug-likeness (QED) is 0.505. The number of carbonyl (C=O) groups excluding carboxylic acids is 2. The van der Waals surface area contributed by atoms with Gasteiger partial charge in [0.1, 0.15) is 5.82 Å². The molecule has 1 heterocycles. The van der Waals surface area contributed by atoms with Crippen LogP contribution in [-0.4, -0.2) is 28.3 Å². The van der Waals surface area contributed by atoms with E-state index >= 15 is 0 Å². The van der Waals surface area contributed by atoms with Gasteiger partial charge < -0.3 is 16.0 Å². The van der Waals surface area contributed by atoms with Crippen LogP contribution in [0.3, 0.4) is 0 Å². The number of hydrogen-bond acceptors (Lipinski definition) is 3. The number of rotatable bonds is 5. The fourth-order valence-corrected chi connectivity index (χ4v) is 3.58. The predicted molar refractivity (Wildman–Crippen MR) is 133 cm³/mol. The second-order valence-corrected chi connectivity index (χ2v) is 9.49. The lowest BCUT2D eigenvalue weighted by atomic mass is 9.92. The van der Waals surface area contributed by atoms with Gasteiger partial charge in [-0.1, -0.05) is 56.7 Å². The summed E-state index contributed by atoms with van der Waals surface area (Å²) < 4.78 is 1.75. The molecule has 7 nitrogen and oxygen atoms in total. The molecule has 3 aromatic rings. The first-order valence-corrected chi connectivity index (χ1v) is 11.0. The van der Waals surface area contributed by atoms with Crippen LogP contribution in [-0.2, 0) is 10.2 Å². The summed E-state index contributed by atoms with van der Waals surface area (Å²) in [5, 5.41) is 13.1. The van der Waals surface area contributed by atoms with E-state index < -0.39 is 6.03 Å². The molecule has 3 amide bonds. The molecule has 0 atom stereocenters. The first-order chi connectivity index (χ1) is 15.5. The lowest BCUT2D eigenvalue weighted by molar-refractivity contribution is -0.115. The highest BCUT2D eigenvalue weighted by atomic mass is 16.2. The van der Waals surface area contributed by atoms with Gasteiger partial charge in [0.2, 0.25) is 5.91 Å². The SMILES string of the molecule is Cc1ccc(-n2nc(C(C)(C)C)cc2NC(=O)CNC(=O)Nc2c(C)cccc2C)c(C)c1. The zero-order valence-electron chi connectivity index (χ0n) is 20.5. The van der Waals surface area contributed by atoms with E-state index in [1.807, 2.05) is 64.1 Å². The molecule has 33 heavy (non-hydrogen) atoms. The van der Waals surface area contributed by atoms with Gasteiger partial charge in [0.25, 0.3) is 0 Å². The summed E-state index contributed by atoms with van der Waals surface area (Å²) in [6.45, 7) is 14.0. The smallest absolute Gasteiger partial charge is 0.319 e. The number of benzene rings is 2. The van der Waals surface area contributed by atoms with Gasteiger partial charge in [-0.15, -0.1) is 0 Å². The molecule has 1 aromatic heterocycles. The Balaban J connectivity index is 1.75. The molecular formula is C26H33N5O2. The maximum atomic E-state index is 12.7. The molecule has 7 heteroatoms. The van der Waals surface area contributed by atoms with Crippen molar-refractivity contribution in [2.24, 2.45) is 0 Å². The number of nitrogens with one attached hydrogen (secondary N) is 3. The van der Waals surface area contributed by atoms with Crippen LogP contribution >= 0.6 is 0 Å². The maximum Gasteiger partial charge on any atom is 0.319 e. The van der Waals surface area contributed by atoms with Crippen LogP contribution in [0.15, 0.2) is 42.5 Å². The predicted octanol–water partition coefficient (Wildman–Crippen LogP) is 5.16. The number of hydrogen-bond donors (Lipinski definition) is 3. The van der Waals surface area contributed by atoms with E-state index in [4.69, 9.17) is 5.10 Å². The molecule has 3 N–H and O–H groups in total. The van der Waals surface area contributed by atoms with Crippen LogP contribution in [0.5, 0.6) is 0 Å². The van der Waals surface area contributed by atoms with Crippen molar-refractivity contribution in [2.75, 3.05) is 17.2 Å². The van der Waals surface area contributed by atoms with E-state index in [1.54, 1.807) is 4.68 Å². The van der Waals surface area contributed by atoms with Crippen molar-refractivity contribution in [1.82, 2.24) is 15.1 Å². The summed E-state index contributed by atoms with van der Waals surface area (Å²) in [7, 11) is 0. The van der Waals surface area contributed by atoms with Crippen LogP contribution in [0.1, 0.15) is 48.7 Å². The Morgan fingerprint density at radius 2 is 1.58 bits per heavy atom. The highest BCUT2D eigenvalue weighted by molar-refractivity contribution is 5.97. The zero-order chi connectivity index (χ0) is 24.3. The fraction of sp³-hybridized carbons (Fsp3) is 0.346. The lowest BCUT2D eigenvalue weighted by Gasteiger charge is -2.14. The van der Waals surface area contributed by atoms with E-state index in [1.165, 1.54) is 0 Å². The maximum absolute atomic E-state index is 12.7. The molecular weight excluding hydrogens is 414 g/mol. The number of amides is 3. The molecule has 0 aliphatic rings. The van der Waals surface area contributed by atoms with Crippen LogP contribution in [0.25, 0.3) is 5.69 Å². The highest BCUT2D eigenvalue weighted by Crippen LogP contribution is 2.27. The molecule has 2 aromatic carbocycles. The average Bonchev–Trinajstić information content (AvgIpc) is 3.13. The van der Waals surface area contributed by atoms with E-state index in [0.717, 1.165) is 39.3 Å². The summed E-state index contributed by atoms with van der Waals surface area (Å²) in [4.78, 5) is 25.0. The van der Waals surface area contributed by atoms with E-state index in [-0.39, 0.29) is 17.9 Å². The van der Waals surface area contributed by atoms with Crippen molar-refractivity contribution >= 4 is 23.4 Å². The minimum absolute atomic E-state index is 0.167. The minimum atomic E-state index is -0.430. The Labute approximate surface area is 195 Å².